The third kappa shape index (κ3) is 2.85. The van der Waals surface area contributed by atoms with E-state index in [1.165, 1.54) is 12.8 Å². The quantitative estimate of drug-likeness (QED) is 0.494. The average Bonchev–Trinajstić information content (AvgIpc) is 3.18. The van der Waals surface area contributed by atoms with Gasteiger partial charge in [-0.3, -0.25) is 13.8 Å². The molecule has 0 radical (unpaired) electrons. The molecule has 0 N–H and O–H groups in total. The fourth-order valence-corrected chi connectivity index (χ4v) is 4.53. The SMILES string of the molecule is O=c1cc(CSc2nnc(-c3cccs3)n2C2CC2)nc2ccccn12. The maximum absolute atomic E-state index is 12.2. The van der Waals surface area contributed by atoms with Crippen LogP contribution < -0.4 is 5.56 Å². The Morgan fingerprint density at radius 1 is 1.19 bits per heavy atom. The lowest BCUT2D eigenvalue weighted by Gasteiger charge is -2.08. The van der Waals surface area contributed by atoms with Gasteiger partial charge in [-0.1, -0.05) is 23.9 Å². The van der Waals surface area contributed by atoms with Gasteiger partial charge < -0.3 is 0 Å². The molecule has 1 aliphatic carbocycles. The number of nitrogens with zero attached hydrogens (tertiary/aromatic N) is 5. The number of hydrogen-bond donors (Lipinski definition) is 0. The number of thioether (sulfide) groups is 1. The summed E-state index contributed by atoms with van der Waals surface area (Å²) in [6.45, 7) is 0. The molecule has 0 aliphatic heterocycles. The van der Waals surface area contributed by atoms with Gasteiger partial charge in [0.15, 0.2) is 11.0 Å². The van der Waals surface area contributed by atoms with Gasteiger partial charge in [-0.15, -0.1) is 21.5 Å². The maximum atomic E-state index is 12.2. The van der Waals surface area contributed by atoms with Crippen LogP contribution in [0.5, 0.6) is 0 Å². The second-order valence-electron chi connectivity index (χ2n) is 6.19. The van der Waals surface area contributed by atoms with Crippen LogP contribution in [0.4, 0.5) is 0 Å². The molecule has 0 atom stereocenters. The number of aromatic nitrogens is 5. The van der Waals surface area contributed by atoms with Crippen LogP contribution in [0.25, 0.3) is 16.3 Å². The van der Waals surface area contributed by atoms with E-state index in [1.807, 2.05) is 24.3 Å². The van der Waals surface area contributed by atoms with Crippen molar-refractivity contribution in [1.82, 2.24) is 24.1 Å². The van der Waals surface area contributed by atoms with Crippen molar-refractivity contribution in [1.29, 1.82) is 0 Å². The van der Waals surface area contributed by atoms with E-state index in [0.29, 0.717) is 17.4 Å². The largest absolute Gasteiger partial charge is 0.298 e. The first-order chi connectivity index (χ1) is 12.8. The Morgan fingerprint density at radius 3 is 2.92 bits per heavy atom. The topological polar surface area (TPSA) is 65.1 Å². The summed E-state index contributed by atoms with van der Waals surface area (Å²) in [6.07, 6.45) is 4.07. The van der Waals surface area contributed by atoms with Crippen molar-refractivity contribution >= 4 is 28.7 Å². The van der Waals surface area contributed by atoms with E-state index < -0.39 is 0 Å². The van der Waals surface area contributed by atoms with Crippen LogP contribution >= 0.6 is 23.1 Å². The van der Waals surface area contributed by atoms with Crippen LogP contribution in [0.2, 0.25) is 0 Å². The maximum Gasteiger partial charge on any atom is 0.258 e. The molecule has 4 aromatic rings. The van der Waals surface area contributed by atoms with Crippen molar-refractivity contribution < 1.29 is 0 Å². The predicted molar refractivity (Wildman–Crippen MR) is 103 cm³/mol. The monoisotopic (exact) mass is 381 g/mol. The van der Waals surface area contributed by atoms with E-state index in [2.05, 4.69) is 31.2 Å². The van der Waals surface area contributed by atoms with E-state index in [4.69, 9.17) is 0 Å². The molecule has 0 unspecified atom stereocenters. The number of rotatable bonds is 5. The molecule has 0 saturated heterocycles. The second-order valence-corrected chi connectivity index (χ2v) is 8.08. The van der Waals surface area contributed by atoms with E-state index in [1.54, 1.807) is 39.8 Å². The van der Waals surface area contributed by atoms with Gasteiger partial charge in [-0.25, -0.2) is 4.98 Å². The lowest BCUT2D eigenvalue weighted by atomic mass is 10.4. The molecule has 130 valence electrons. The van der Waals surface area contributed by atoms with Gasteiger partial charge in [0.1, 0.15) is 5.65 Å². The summed E-state index contributed by atoms with van der Waals surface area (Å²) in [7, 11) is 0. The zero-order valence-corrected chi connectivity index (χ0v) is 15.4. The summed E-state index contributed by atoms with van der Waals surface area (Å²) < 4.78 is 3.79. The van der Waals surface area contributed by atoms with Gasteiger partial charge in [0.2, 0.25) is 0 Å². The average molecular weight is 381 g/mol. The first-order valence-electron chi connectivity index (χ1n) is 8.38. The molecule has 1 fully saturated rings. The summed E-state index contributed by atoms with van der Waals surface area (Å²) in [5.74, 6) is 1.53. The molecule has 5 rings (SSSR count). The van der Waals surface area contributed by atoms with E-state index in [9.17, 15) is 4.79 Å². The third-order valence-corrected chi connectivity index (χ3v) is 6.13. The molecule has 6 nitrogen and oxygen atoms in total. The minimum Gasteiger partial charge on any atom is -0.298 e. The fourth-order valence-electron chi connectivity index (χ4n) is 2.93. The van der Waals surface area contributed by atoms with Crippen LogP contribution in [0.1, 0.15) is 24.6 Å². The second kappa shape index (κ2) is 6.37. The van der Waals surface area contributed by atoms with Crippen LogP contribution in [0.3, 0.4) is 0 Å². The summed E-state index contributed by atoms with van der Waals surface area (Å²) in [6, 6.07) is 11.7. The first kappa shape index (κ1) is 15.8. The van der Waals surface area contributed by atoms with E-state index in [-0.39, 0.29) is 5.56 Å². The Bertz CT molecular complexity index is 1130. The lowest BCUT2D eigenvalue weighted by molar-refractivity contribution is 0.670. The molecule has 1 aliphatic rings. The lowest BCUT2D eigenvalue weighted by Crippen LogP contribution is -2.14. The molecule has 1 saturated carbocycles. The Morgan fingerprint density at radius 2 is 2.12 bits per heavy atom. The van der Waals surface area contributed by atoms with Gasteiger partial charge in [-0.2, -0.15) is 0 Å². The molecule has 4 aromatic heterocycles. The van der Waals surface area contributed by atoms with Gasteiger partial charge in [0, 0.05) is 24.1 Å². The first-order valence-corrected chi connectivity index (χ1v) is 10.2. The van der Waals surface area contributed by atoms with Crippen molar-refractivity contribution in [3.05, 3.63) is 64.0 Å². The van der Waals surface area contributed by atoms with Crippen molar-refractivity contribution in [3.63, 3.8) is 0 Å². The zero-order valence-electron chi connectivity index (χ0n) is 13.8. The molecule has 0 bridgehead atoms. The number of pyridine rings is 1. The van der Waals surface area contributed by atoms with E-state index in [0.717, 1.165) is 21.6 Å². The minimum absolute atomic E-state index is 0.0610. The number of thiophene rings is 1. The standard InChI is InChI=1S/C18H15N5OS2/c24-16-10-12(19-15-5-1-2-8-22(15)16)11-26-18-21-20-17(14-4-3-9-25-14)23(18)13-6-7-13/h1-5,8-10,13H,6-7,11H2. The molecule has 26 heavy (non-hydrogen) atoms. The minimum atomic E-state index is -0.0610. The van der Waals surface area contributed by atoms with Crippen LogP contribution in [0, 0.1) is 0 Å². The Hall–Kier alpha value is -2.45. The van der Waals surface area contributed by atoms with Crippen molar-refractivity contribution in [3.8, 4) is 10.7 Å². The zero-order chi connectivity index (χ0) is 17.5. The molecular formula is C18H15N5OS2. The molecular weight excluding hydrogens is 366 g/mol. The highest BCUT2D eigenvalue weighted by Crippen LogP contribution is 2.42. The van der Waals surface area contributed by atoms with E-state index >= 15 is 0 Å². The highest BCUT2D eigenvalue weighted by Gasteiger charge is 2.30. The van der Waals surface area contributed by atoms with Crippen LogP contribution in [-0.2, 0) is 5.75 Å². The van der Waals surface area contributed by atoms with Crippen molar-refractivity contribution in [2.75, 3.05) is 0 Å². The fraction of sp³-hybridized carbons (Fsp3) is 0.222. The summed E-state index contributed by atoms with van der Waals surface area (Å²) in [5, 5.41) is 11.8. The van der Waals surface area contributed by atoms with Gasteiger partial charge in [0.25, 0.3) is 5.56 Å². The van der Waals surface area contributed by atoms with Crippen LogP contribution in [-0.4, -0.2) is 24.1 Å². The Balaban J connectivity index is 1.45. The smallest absolute Gasteiger partial charge is 0.258 e. The molecule has 0 spiro atoms. The van der Waals surface area contributed by atoms with Crippen LogP contribution in [0.15, 0.2) is 57.9 Å². The Kier molecular flexibility index (Phi) is 3.86. The normalized spacial score (nSPS) is 14.2. The summed E-state index contributed by atoms with van der Waals surface area (Å²) in [4.78, 5) is 18.0. The highest BCUT2D eigenvalue weighted by molar-refractivity contribution is 7.98. The van der Waals surface area contributed by atoms with Crippen molar-refractivity contribution in [2.24, 2.45) is 0 Å². The summed E-state index contributed by atoms with van der Waals surface area (Å²) >= 11 is 3.26. The summed E-state index contributed by atoms with van der Waals surface area (Å²) in [5.41, 5.74) is 1.36. The number of fused-ring (bicyclic) bond motifs is 1. The van der Waals surface area contributed by atoms with Crippen molar-refractivity contribution in [2.45, 2.75) is 29.8 Å². The molecule has 0 amide bonds. The molecule has 4 heterocycles. The van der Waals surface area contributed by atoms with Gasteiger partial charge >= 0.3 is 0 Å². The predicted octanol–water partition coefficient (Wildman–Crippen LogP) is 3.64. The third-order valence-electron chi connectivity index (χ3n) is 4.29. The highest BCUT2D eigenvalue weighted by atomic mass is 32.2. The number of hydrogen-bond acceptors (Lipinski definition) is 6. The van der Waals surface area contributed by atoms with Gasteiger partial charge in [-0.05, 0) is 36.4 Å². The van der Waals surface area contributed by atoms with Gasteiger partial charge in [0.05, 0.1) is 10.6 Å². The molecule has 0 aromatic carbocycles. The Labute approximate surface area is 157 Å². The molecule has 8 heteroatoms.